The van der Waals surface area contributed by atoms with Crippen LogP contribution in [0.5, 0.6) is 17.2 Å². The standard InChI is InChI=1S/C29H29N3O4/c1-5-36-22-12-8-20(9-13-22)27-24-25(23-15-17(2)14-18(3)28(23)33)30-31-26(24)29(34)32(27)16-19-6-10-21(35-4)11-7-19/h6-15,27,33H,5,16H2,1-4H3,(H,30,31). The van der Waals surface area contributed by atoms with Crippen molar-refractivity contribution >= 4 is 5.91 Å². The number of H-pyrrole nitrogens is 1. The molecule has 0 aliphatic carbocycles. The molecular weight excluding hydrogens is 454 g/mol. The van der Waals surface area contributed by atoms with E-state index < -0.39 is 0 Å². The number of aryl methyl sites for hydroxylation is 2. The summed E-state index contributed by atoms with van der Waals surface area (Å²) in [6.07, 6.45) is 0. The van der Waals surface area contributed by atoms with Crippen molar-refractivity contribution in [1.29, 1.82) is 0 Å². The normalized spacial score (nSPS) is 14.7. The number of carbonyl (C=O) groups is 1. The molecule has 4 aromatic rings. The van der Waals surface area contributed by atoms with Crippen LogP contribution in [-0.2, 0) is 6.54 Å². The summed E-state index contributed by atoms with van der Waals surface area (Å²) >= 11 is 0. The number of phenols is 1. The Labute approximate surface area is 210 Å². The van der Waals surface area contributed by atoms with Gasteiger partial charge in [-0.1, -0.05) is 30.3 Å². The molecule has 3 aromatic carbocycles. The van der Waals surface area contributed by atoms with Crippen molar-refractivity contribution in [2.75, 3.05) is 13.7 Å². The van der Waals surface area contributed by atoms with Gasteiger partial charge in [0.1, 0.15) is 28.6 Å². The fourth-order valence-corrected chi connectivity index (χ4v) is 4.89. The molecular formula is C29H29N3O4. The van der Waals surface area contributed by atoms with Gasteiger partial charge in [-0.15, -0.1) is 0 Å². The summed E-state index contributed by atoms with van der Waals surface area (Å²) in [7, 11) is 1.63. The zero-order valence-corrected chi connectivity index (χ0v) is 20.8. The number of benzene rings is 3. The Balaban J connectivity index is 1.63. The van der Waals surface area contributed by atoms with E-state index in [1.165, 1.54) is 0 Å². The number of rotatable bonds is 7. The third-order valence-corrected chi connectivity index (χ3v) is 6.58. The summed E-state index contributed by atoms with van der Waals surface area (Å²) in [5, 5.41) is 18.4. The monoisotopic (exact) mass is 483 g/mol. The van der Waals surface area contributed by atoms with E-state index in [0.717, 1.165) is 39.3 Å². The lowest BCUT2D eigenvalue weighted by molar-refractivity contribution is 0.0730. The van der Waals surface area contributed by atoms with Gasteiger partial charge in [0.15, 0.2) is 0 Å². The molecule has 1 aliphatic rings. The molecule has 0 saturated heterocycles. The molecule has 7 heteroatoms. The SMILES string of the molecule is CCOc1ccc(C2c3c(-c4cc(C)cc(C)c4O)n[nH]c3C(=O)N2Cc2ccc(OC)cc2)cc1. The van der Waals surface area contributed by atoms with Crippen LogP contribution in [-0.4, -0.2) is 39.8 Å². The lowest BCUT2D eigenvalue weighted by Crippen LogP contribution is -2.29. The molecule has 36 heavy (non-hydrogen) atoms. The molecule has 1 amide bonds. The number of ether oxygens (including phenoxy) is 2. The molecule has 184 valence electrons. The fourth-order valence-electron chi connectivity index (χ4n) is 4.89. The molecule has 7 nitrogen and oxygen atoms in total. The Bertz CT molecular complexity index is 1410. The van der Waals surface area contributed by atoms with Crippen molar-refractivity contribution in [3.63, 3.8) is 0 Å². The van der Waals surface area contributed by atoms with E-state index in [2.05, 4.69) is 10.2 Å². The van der Waals surface area contributed by atoms with Crippen molar-refractivity contribution in [2.45, 2.75) is 33.4 Å². The second-order valence-electron chi connectivity index (χ2n) is 9.02. The number of aromatic nitrogens is 2. The Morgan fingerprint density at radius 1 is 1.03 bits per heavy atom. The molecule has 0 spiro atoms. The minimum Gasteiger partial charge on any atom is -0.507 e. The van der Waals surface area contributed by atoms with Gasteiger partial charge in [0.2, 0.25) is 0 Å². The van der Waals surface area contributed by atoms with Gasteiger partial charge in [0, 0.05) is 17.7 Å². The molecule has 1 aliphatic heterocycles. The fraction of sp³-hybridized carbons (Fsp3) is 0.241. The number of phenolic OH excluding ortho intramolecular Hbond substituents is 1. The molecule has 1 aromatic heterocycles. The van der Waals surface area contributed by atoms with Crippen molar-refractivity contribution < 1.29 is 19.4 Å². The van der Waals surface area contributed by atoms with Gasteiger partial charge in [0.25, 0.3) is 5.91 Å². The summed E-state index contributed by atoms with van der Waals surface area (Å²) < 4.78 is 10.9. The molecule has 2 N–H and O–H groups in total. The average molecular weight is 484 g/mol. The summed E-state index contributed by atoms with van der Waals surface area (Å²) in [5.41, 5.74) is 6.08. The molecule has 2 heterocycles. The minimum atomic E-state index is -0.390. The van der Waals surface area contributed by atoms with E-state index in [9.17, 15) is 9.90 Å². The number of nitrogens with one attached hydrogen (secondary N) is 1. The van der Waals surface area contributed by atoms with Crippen LogP contribution >= 0.6 is 0 Å². The van der Waals surface area contributed by atoms with Crippen LogP contribution in [0.4, 0.5) is 0 Å². The number of amides is 1. The lowest BCUT2D eigenvalue weighted by atomic mass is 9.94. The molecule has 0 saturated carbocycles. The number of hydrogen-bond acceptors (Lipinski definition) is 5. The van der Waals surface area contributed by atoms with Crippen LogP contribution in [0.2, 0.25) is 0 Å². The topological polar surface area (TPSA) is 87.7 Å². The van der Waals surface area contributed by atoms with Crippen molar-refractivity contribution in [3.05, 3.63) is 94.2 Å². The van der Waals surface area contributed by atoms with Crippen molar-refractivity contribution in [2.24, 2.45) is 0 Å². The second-order valence-corrected chi connectivity index (χ2v) is 9.02. The average Bonchev–Trinajstić information content (AvgIpc) is 3.42. The van der Waals surface area contributed by atoms with E-state index in [4.69, 9.17) is 9.47 Å². The molecule has 0 bridgehead atoms. The summed E-state index contributed by atoms with van der Waals surface area (Å²) in [6, 6.07) is 19.0. The molecule has 1 unspecified atom stereocenters. The lowest BCUT2D eigenvalue weighted by Gasteiger charge is -2.27. The Kier molecular flexibility index (Phi) is 6.14. The zero-order chi connectivity index (χ0) is 25.4. The number of aromatic hydroxyl groups is 1. The van der Waals surface area contributed by atoms with Gasteiger partial charge in [0.05, 0.1) is 19.8 Å². The number of hydrogen-bond donors (Lipinski definition) is 2. The third-order valence-electron chi connectivity index (χ3n) is 6.58. The molecule has 0 fully saturated rings. The molecule has 1 atom stereocenters. The number of aromatic amines is 1. The highest BCUT2D eigenvalue weighted by Crippen LogP contribution is 2.46. The molecule has 0 radical (unpaired) electrons. The predicted molar refractivity (Wildman–Crippen MR) is 137 cm³/mol. The Morgan fingerprint density at radius 2 is 1.72 bits per heavy atom. The Morgan fingerprint density at radius 3 is 2.39 bits per heavy atom. The molecule has 5 rings (SSSR count). The van der Waals surface area contributed by atoms with Crippen LogP contribution in [0.15, 0.2) is 60.7 Å². The van der Waals surface area contributed by atoms with Crippen molar-refractivity contribution in [3.8, 4) is 28.5 Å². The van der Waals surface area contributed by atoms with Crippen LogP contribution in [0.25, 0.3) is 11.3 Å². The maximum Gasteiger partial charge on any atom is 0.273 e. The Hall–Kier alpha value is -4.26. The van der Waals surface area contributed by atoms with Gasteiger partial charge >= 0.3 is 0 Å². The van der Waals surface area contributed by atoms with E-state index in [1.54, 1.807) is 7.11 Å². The van der Waals surface area contributed by atoms with Gasteiger partial charge in [-0.3, -0.25) is 9.89 Å². The maximum atomic E-state index is 13.7. The van der Waals surface area contributed by atoms with E-state index >= 15 is 0 Å². The first-order valence-electron chi connectivity index (χ1n) is 12.0. The van der Waals surface area contributed by atoms with E-state index in [-0.39, 0.29) is 17.7 Å². The zero-order valence-electron chi connectivity index (χ0n) is 20.8. The summed E-state index contributed by atoms with van der Waals surface area (Å²) in [6.45, 7) is 6.77. The highest BCUT2D eigenvalue weighted by atomic mass is 16.5. The highest BCUT2D eigenvalue weighted by Gasteiger charge is 2.42. The largest absolute Gasteiger partial charge is 0.507 e. The third kappa shape index (κ3) is 4.06. The van der Waals surface area contributed by atoms with Crippen LogP contribution in [0.3, 0.4) is 0 Å². The highest BCUT2D eigenvalue weighted by molar-refractivity contribution is 6.00. The first kappa shape index (κ1) is 23.5. The van der Waals surface area contributed by atoms with E-state index in [0.29, 0.717) is 30.1 Å². The van der Waals surface area contributed by atoms with Gasteiger partial charge in [-0.25, -0.2) is 0 Å². The number of carbonyl (C=O) groups excluding carboxylic acids is 1. The first-order chi connectivity index (χ1) is 17.4. The van der Waals surface area contributed by atoms with Gasteiger partial charge in [-0.05, 0) is 73.4 Å². The number of methoxy groups -OCH3 is 1. The van der Waals surface area contributed by atoms with Gasteiger partial charge < -0.3 is 19.5 Å². The first-order valence-corrected chi connectivity index (χ1v) is 12.0. The van der Waals surface area contributed by atoms with Gasteiger partial charge in [-0.2, -0.15) is 5.10 Å². The van der Waals surface area contributed by atoms with Crippen LogP contribution in [0, 0.1) is 13.8 Å². The van der Waals surface area contributed by atoms with Crippen LogP contribution in [0.1, 0.15) is 51.3 Å². The predicted octanol–water partition coefficient (Wildman–Crippen LogP) is 5.55. The maximum absolute atomic E-state index is 13.7. The smallest absolute Gasteiger partial charge is 0.273 e. The van der Waals surface area contributed by atoms with Crippen LogP contribution < -0.4 is 9.47 Å². The number of nitrogens with zero attached hydrogens (tertiary/aromatic N) is 2. The summed E-state index contributed by atoms with van der Waals surface area (Å²) in [4.78, 5) is 15.5. The second kappa shape index (κ2) is 9.41. The minimum absolute atomic E-state index is 0.137. The van der Waals surface area contributed by atoms with E-state index in [1.807, 2.05) is 86.3 Å². The van der Waals surface area contributed by atoms with Crippen molar-refractivity contribution in [1.82, 2.24) is 15.1 Å². The quantitative estimate of drug-likeness (QED) is 0.360. The number of fused-ring (bicyclic) bond motifs is 1. The summed E-state index contributed by atoms with van der Waals surface area (Å²) in [5.74, 6) is 1.56.